The molecule has 0 aromatic heterocycles. The van der Waals surface area contributed by atoms with E-state index in [4.69, 9.17) is 18.9 Å². The number of ether oxygens (including phenoxy) is 4. The fraction of sp³-hybridized carbons (Fsp3) is 0.259. The molecule has 3 aromatic carbocycles. The predicted octanol–water partition coefficient (Wildman–Crippen LogP) is 6.09. The van der Waals surface area contributed by atoms with Gasteiger partial charge in [0.15, 0.2) is 11.5 Å². The van der Waals surface area contributed by atoms with Gasteiger partial charge in [0.25, 0.3) is 0 Å². The van der Waals surface area contributed by atoms with Crippen LogP contribution in [-0.2, 0) is 19.4 Å². The van der Waals surface area contributed by atoms with Crippen molar-refractivity contribution in [2.45, 2.75) is 26.4 Å². The Labute approximate surface area is 184 Å². The molecule has 31 heavy (non-hydrogen) atoms. The molecule has 0 radical (unpaired) electrons. The van der Waals surface area contributed by atoms with Crippen LogP contribution in [0.4, 0.5) is 0 Å². The summed E-state index contributed by atoms with van der Waals surface area (Å²) < 4.78 is 22.6. The first-order chi connectivity index (χ1) is 15.1. The van der Waals surface area contributed by atoms with Crippen LogP contribution in [0.25, 0.3) is 16.7 Å². The molecule has 4 heteroatoms. The Bertz CT molecular complexity index is 1110. The van der Waals surface area contributed by atoms with E-state index in [-0.39, 0.29) is 0 Å². The lowest BCUT2D eigenvalue weighted by atomic mass is 9.82. The van der Waals surface area contributed by atoms with Crippen LogP contribution in [0.2, 0.25) is 0 Å². The van der Waals surface area contributed by atoms with Crippen molar-refractivity contribution in [1.82, 2.24) is 0 Å². The number of hydrogen-bond donors (Lipinski definition) is 0. The van der Waals surface area contributed by atoms with Crippen LogP contribution < -0.4 is 18.9 Å². The molecule has 1 aliphatic carbocycles. The summed E-state index contributed by atoms with van der Waals surface area (Å²) in [5.74, 6) is 2.89. The van der Waals surface area contributed by atoms with E-state index >= 15 is 0 Å². The Hall–Kier alpha value is -3.40. The summed E-state index contributed by atoms with van der Waals surface area (Å²) in [7, 11) is 4.95. The number of hydrogen-bond acceptors (Lipinski definition) is 4. The van der Waals surface area contributed by atoms with E-state index in [2.05, 4.69) is 43.8 Å². The van der Waals surface area contributed by atoms with Crippen molar-refractivity contribution in [3.8, 4) is 34.1 Å². The van der Waals surface area contributed by atoms with Gasteiger partial charge >= 0.3 is 0 Å². The van der Waals surface area contributed by atoms with Gasteiger partial charge in [0, 0.05) is 6.07 Å². The molecule has 0 amide bonds. The zero-order valence-corrected chi connectivity index (χ0v) is 18.6. The molecule has 0 unspecified atom stereocenters. The third kappa shape index (κ3) is 4.11. The normalized spacial score (nSPS) is 12.1. The second-order valence-corrected chi connectivity index (χ2v) is 7.68. The molecule has 4 nitrogen and oxygen atoms in total. The maximum Gasteiger partial charge on any atom is 0.161 e. The molecule has 0 saturated carbocycles. The monoisotopic (exact) mass is 416 g/mol. The Morgan fingerprint density at radius 3 is 2.13 bits per heavy atom. The summed E-state index contributed by atoms with van der Waals surface area (Å²) in [5, 5.41) is 0. The fourth-order valence-electron chi connectivity index (χ4n) is 4.05. The van der Waals surface area contributed by atoms with Gasteiger partial charge in [-0.15, -0.1) is 0 Å². The number of methoxy groups -OCH3 is 3. The van der Waals surface area contributed by atoms with Crippen LogP contribution in [0.1, 0.15) is 29.2 Å². The molecule has 3 aromatic rings. The lowest BCUT2D eigenvalue weighted by molar-refractivity contribution is 0.283. The summed E-state index contributed by atoms with van der Waals surface area (Å²) in [5.41, 5.74) is 8.21. The number of benzene rings is 3. The van der Waals surface area contributed by atoms with Crippen molar-refractivity contribution < 1.29 is 18.9 Å². The van der Waals surface area contributed by atoms with E-state index in [1.165, 1.54) is 27.8 Å². The van der Waals surface area contributed by atoms with E-state index in [0.717, 1.165) is 35.5 Å². The molecule has 0 spiro atoms. The largest absolute Gasteiger partial charge is 0.497 e. The maximum absolute atomic E-state index is 6.17. The number of aryl methyl sites for hydroxylation is 1. The summed E-state index contributed by atoms with van der Waals surface area (Å²) in [6.45, 7) is 6.88. The SMILES string of the molecule is C=C1Cc2cc(OCc3cc(OC)cc(OC)c3)c(OC)cc2-c2ccc(CC)cc21. The van der Waals surface area contributed by atoms with E-state index < -0.39 is 0 Å². The minimum atomic E-state index is 0.375. The predicted molar refractivity (Wildman–Crippen MR) is 124 cm³/mol. The molecule has 0 fully saturated rings. The summed E-state index contributed by atoms with van der Waals surface area (Å²) in [6.07, 6.45) is 1.81. The van der Waals surface area contributed by atoms with E-state index in [1.807, 2.05) is 18.2 Å². The summed E-state index contributed by atoms with van der Waals surface area (Å²) in [4.78, 5) is 0. The van der Waals surface area contributed by atoms with E-state index in [9.17, 15) is 0 Å². The second-order valence-electron chi connectivity index (χ2n) is 7.68. The minimum absolute atomic E-state index is 0.375. The maximum atomic E-state index is 6.17. The Kier molecular flexibility index (Phi) is 5.90. The van der Waals surface area contributed by atoms with Crippen molar-refractivity contribution in [1.29, 1.82) is 0 Å². The van der Waals surface area contributed by atoms with Gasteiger partial charge in [0.2, 0.25) is 0 Å². The Balaban J connectivity index is 1.67. The number of allylic oxidation sites excluding steroid dienone is 1. The standard InChI is InChI=1S/C27H28O4/c1-6-18-7-8-23-24(12-18)17(2)9-20-13-27(26(30-5)15-25(20)23)31-16-19-10-21(28-3)14-22(11-19)29-4/h7-8,10-15H,2,6,9,16H2,1,3-5H3. The average Bonchev–Trinajstić information content (AvgIpc) is 2.81. The van der Waals surface area contributed by atoms with Gasteiger partial charge in [0.1, 0.15) is 18.1 Å². The highest BCUT2D eigenvalue weighted by Gasteiger charge is 2.22. The van der Waals surface area contributed by atoms with Gasteiger partial charge in [-0.1, -0.05) is 31.7 Å². The van der Waals surface area contributed by atoms with Gasteiger partial charge < -0.3 is 18.9 Å². The molecular weight excluding hydrogens is 388 g/mol. The molecule has 1 aliphatic rings. The lowest BCUT2D eigenvalue weighted by Gasteiger charge is -2.24. The van der Waals surface area contributed by atoms with Gasteiger partial charge in [0.05, 0.1) is 21.3 Å². The number of fused-ring (bicyclic) bond motifs is 3. The lowest BCUT2D eigenvalue weighted by Crippen LogP contribution is -2.06. The van der Waals surface area contributed by atoms with E-state index in [1.54, 1.807) is 21.3 Å². The highest BCUT2D eigenvalue weighted by atomic mass is 16.5. The van der Waals surface area contributed by atoms with Crippen molar-refractivity contribution in [2.24, 2.45) is 0 Å². The molecular formula is C27H28O4. The first kappa shape index (κ1) is 20.9. The van der Waals surface area contributed by atoms with Crippen molar-refractivity contribution >= 4 is 5.57 Å². The van der Waals surface area contributed by atoms with Gasteiger partial charge in [-0.25, -0.2) is 0 Å². The quantitative estimate of drug-likeness (QED) is 0.467. The molecule has 0 saturated heterocycles. The van der Waals surface area contributed by atoms with Crippen LogP contribution in [0, 0.1) is 0 Å². The highest BCUT2D eigenvalue weighted by molar-refractivity contribution is 5.89. The third-order valence-electron chi connectivity index (χ3n) is 5.76. The third-order valence-corrected chi connectivity index (χ3v) is 5.76. The summed E-state index contributed by atoms with van der Waals surface area (Å²) >= 11 is 0. The molecule has 0 aliphatic heterocycles. The zero-order chi connectivity index (χ0) is 22.0. The van der Waals surface area contributed by atoms with Crippen LogP contribution in [0.3, 0.4) is 0 Å². The van der Waals surface area contributed by atoms with Crippen molar-refractivity contribution in [2.75, 3.05) is 21.3 Å². The molecule has 160 valence electrons. The molecule has 0 heterocycles. The smallest absolute Gasteiger partial charge is 0.161 e. The zero-order valence-electron chi connectivity index (χ0n) is 18.6. The van der Waals surface area contributed by atoms with Crippen LogP contribution in [0.15, 0.2) is 55.1 Å². The minimum Gasteiger partial charge on any atom is -0.497 e. The van der Waals surface area contributed by atoms with Crippen LogP contribution in [-0.4, -0.2) is 21.3 Å². The highest BCUT2D eigenvalue weighted by Crippen LogP contribution is 2.44. The van der Waals surface area contributed by atoms with Crippen LogP contribution >= 0.6 is 0 Å². The molecule has 0 bridgehead atoms. The first-order valence-corrected chi connectivity index (χ1v) is 10.4. The van der Waals surface area contributed by atoms with Crippen molar-refractivity contribution in [3.05, 3.63) is 77.4 Å². The Morgan fingerprint density at radius 2 is 1.48 bits per heavy atom. The first-order valence-electron chi connectivity index (χ1n) is 10.4. The van der Waals surface area contributed by atoms with Gasteiger partial charge in [-0.3, -0.25) is 0 Å². The molecule has 0 N–H and O–H groups in total. The van der Waals surface area contributed by atoms with E-state index in [0.29, 0.717) is 18.1 Å². The van der Waals surface area contributed by atoms with Gasteiger partial charge in [-0.2, -0.15) is 0 Å². The van der Waals surface area contributed by atoms with Gasteiger partial charge in [-0.05, 0) is 76.1 Å². The molecule has 4 rings (SSSR count). The second kappa shape index (κ2) is 8.76. The fourth-order valence-corrected chi connectivity index (χ4v) is 4.05. The number of rotatable bonds is 7. The molecule has 0 atom stereocenters. The topological polar surface area (TPSA) is 36.9 Å². The Morgan fingerprint density at radius 1 is 0.742 bits per heavy atom. The van der Waals surface area contributed by atoms with Crippen molar-refractivity contribution in [3.63, 3.8) is 0 Å². The average molecular weight is 417 g/mol. The van der Waals surface area contributed by atoms with Crippen LogP contribution in [0.5, 0.6) is 23.0 Å². The summed E-state index contributed by atoms with van der Waals surface area (Å²) in [6, 6.07) is 16.5.